The van der Waals surface area contributed by atoms with Gasteiger partial charge in [0.05, 0.1) is 6.26 Å². The number of rotatable bonds is 1. The van der Waals surface area contributed by atoms with Crippen molar-refractivity contribution in [3.63, 3.8) is 0 Å². The molecular weight excluding hydrogens is 276 g/mol. The van der Waals surface area contributed by atoms with Crippen LogP contribution in [-0.2, 0) is 16.0 Å². The van der Waals surface area contributed by atoms with Gasteiger partial charge in [-0.15, -0.1) is 0 Å². The second-order valence-electron chi connectivity index (χ2n) is 5.86. The van der Waals surface area contributed by atoms with Gasteiger partial charge >= 0.3 is 5.97 Å². The molecule has 4 rings (SSSR count). The molecule has 2 aliphatic rings. The first-order valence-electron chi connectivity index (χ1n) is 7.40. The normalized spacial score (nSPS) is 19.7. The highest BCUT2D eigenvalue weighted by molar-refractivity contribution is 6.02. The summed E-state index contributed by atoms with van der Waals surface area (Å²) < 4.78 is 11.1. The number of furan rings is 1. The van der Waals surface area contributed by atoms with Gasteiger partial charge in [0.25, 0.3) is 0 Å². The predicted octanol–water partition coefficient (Wildman–Crippen LogP) is 3.84. The summed E-state index contributed by atoms with van der Waals surface area (Å²) in [6.07, 6.45) is 5.81. The van der Waals surface area contributed by atoms with Crippen LogP contribution < -0.4 is 0 Å². The largest absolute Gasteiger partial charge is 0.468 e. The minimum absolute atomic E-state index is 0.259. The zero-order valence-corrected chi connectivity index (χ0v) is 12.6. The van der Waals surface area contributed by atoms with Crippen LogP contribution in [0.2, 0.25) is 0 Å². The lowest BCUT2D eigenvalue weighted by atomic mass is 9.83. The van der Waals surface area contributed by atoms with Crippen LogP contribution in [0.15, 0.2) is 46.6 Å². The SMILES string of the molecule is Cc1ccccc1C1=CC(=O)OC2Cc3occ(C)c3C=C12. The number of aryl methyl sites for hydroxylation is 2. The third-order valence-electron chi connectivity index (χ3n) is 4.39. The fourth-order valence-corrected chi connectivity index (χ4v) is 3.23. The lowest BCUT2D eigenvalue weighted by molar-refractivity contribution is -0.141. The van der Waals surface area contributed by atoms with Crippen molar-refractivity contribution >= 4 is 17.6 Å². The fraction of sp³-hybridized carbons (Fsp3) is 0.211. The summed E-state index contributed by atoms with van der Waals surface area (Å²) in [6.45, 7) is 4.09. The summed E-state index contributed by atoms with van der Waals surface area (Å²) in [5, 5.41) is 0. The van der Waals surface area contributed by atoms with Gasteiger partial charge in [-0.25, -0.2) is 4.79 Å². The van der Waals surface area contributed by atoms with Crippen LogP contribution in [0.1, 0.15) is 28.0 Å². The lowest BCUT2D eigenvalue weighted by Crippen LogP contribution is -2.29. The number of hydrogen-bond donors (Lipinski definition) is 0. The Hall–Kier alpha value is -2.55. The van der Waals surface area contributed by atoms with E-state index in [1.165, 1.54) is 0 Å². The zero-order chi connectivity index (χ0) is 15.3. The zero-order valence-electron chi connectivity index (χ0n) is 12.6. The van der Waals surface area contributed by atoms with Gasteiger partial charge < -0.3 is 9.15 Å². The molecule has 0 bridgehead atoms. The molecular formula is C19H16O3. The maximum atomic E-state index is 12.0. The number of carbonyl (C=O) groups is 1. The van der Waals surface area contributed by atoms with Crippen molar-refractivity contribution < 1.29 is 13.9 Å². The monoisotopic (exact) mass is 292 g/mol. The Kier molecular flexibility index (Phi) is 2.83. The highest BCUT2D eigenvalue weighted by Gasteiger charge is 2.33. The molecule has 0 fully saturated rings. The molecule has 2 heterocycles. The van der Waals surface area contributed by atoms with Gasteiger partial charge in [0.1, 0.15) is 11.9 Å². The van der Waals surface area contributed by atoms with E-state index in [2.05, 4.69) is 25.1 Å². The van der Waals surface area contributed by atoms with Crippen molar-refractivity contribution in [2.75, 3.05) is 0 Å². The number of fused-ring (bicyclic) bond motifs is 2. The van der Waals surface area contributed by atoms with E-state index in [1.54, 1.807) is 12.3 Å². The molecule has 1 atom stereocenters. The molecule has 1 unspecified atom stereocenters. The van der Waals surface area contributed by atoms with Crippen LogP contribution in [0.3, 0.4) is 0 Å². The van der Waals surface area contributed by atoms with Gasteiger partial charge in [-0.2, -0.15) is 0 Å². The fourth-order valence-electron chi connectivity index (χ4n) is 3.23. The molecule has 0 spiro atoms. The van der Waals surface area contributed by atoms with Crippen molar-refractivity contribution in [2.45, 2.75) is 26.4 Å². The Morgan fingerprint density at radius 2 is 1.91 bits per heavy atom. The number of carbonyl (C=O) groups excluding carboxylic acids is 1. The molecule has 3 nitrogen and oxygen atoms in total. The highest BCUT2D eigenvalue weighted by Crippen LogP contribution is 2.39. The summed E-state index contributed by atoms with van der Waals surface area (Å²) in [7, 11) is 0. The van der Waals surface area contributed by atoms with E-state index >= 15 is 0 Å². The maximum Gasteiger partial charge on any atom is 0.332 e. The van der Waals surface area contributed by atoms with Crippen LogP contribution in [0.4, 0.5) is 0 Å². The minimum Gasteiger partial charge on any atom is -0.468 e. The molecule has 1 aromatic heterocycles. The molecule has 0 N–H and O–H groups in total. The molecule has 1 aliphatic carbocycles. The maximum absolute atomic E-state index is 12.0. The van der Waals surface area contributed by atoms with Gasteiger partial charge in [-0.1, -0.05) is 24.3 Å². The number of benzene rings is 1. The van der Waals surface area contributed by atoms with Crippen LogP contribution in [0, 0.1) is 13.8 Å². The predicted molar refractivity (Wildman–Crippen MR) is 84.2 cm³/mol. The highest BCUT2D eigenvalue weighted by atomic mass is 16.5. The van der Waals surface area contributed by atoms with E-state index in [4.69, 9.17) is 9.15 Å². The van der Waals surface area contributed by atoms with Gasteiger partial charge in [-0.05, 0) is 42.2 Å². The minimum atomic E-state index is -0.285. The van der Waals surface area contributed by atoms with Gasteiger partial charge in [0, 0.05) is 23.6 Å². The Balaban J connectivity index is 1.91. The molecule has 110 valence electrons. The third-order valence-corrected chi connectivity index (χ3v) is 4.39. The Labute approximate surface area is 128 Å². The van der Waals surface area contributed by atoms with E-state index < -0.39 is 0 Å². The number of hydrogen-bond acceptors (Lipinski definition) is 3. The molecule has 3 heteroatoms. The van der Waals surface area contributed by atoms with Crippen molar-refractivity contribution in [3.05, 3.63) is 70.2 Å². The van der Waals surface area contributed by atoms with Gasteiger partial charge in [0.15, 0.2) is 0 Å². The molecule has 2 aromatic rings. The summed E-state index contributed by atoms with van der Waals surface area (Å²) in [5.74, 6) is 0.609. The Bertz CT molecular complexity index is 836. The lowest BCUT2D eigenvalue weighted by Gasteiger charge is -2.29. The second-order valence-corrected chi connectivity index (χ2v) is 5.86. The van der Waals surface area contributed by atoms with Crippen molar-refractivity contribution in [1.29, 1.82) is 0 Å². The first-order chi connectivity index (χ1) is 10.6. The molecule has 1 aromatic carbocycles. The number of esters is 1. The van der Waals surface area contributed by atoms with E-state index in [0.717, 1.165) is 39.2 Å². The molecule has 22 heavy (non-hydrogen) atoms. The first-order valence-corrected chi connectivity index (χ1v) is 7.40. The van der Waals surface area contributed by atoms with E-state index in [0.29, 0.717) is 6.42 Å². The average molecular weight is 292 g/mol. The van der Waals surface area contributed by atoms with E-state index in [1.807, 2.05) is 19.1 Å². The Morgan fingerprint density at radius 1 is 1.09 bits per heavy atom. The van der Waals surface area contributed by atoms with Crippen LogP contribution in [0.25, 0.3) is 11.6 Å². The van der Waals surface area contributed by atoms with Crippen LogP contribution in [0.5, 0.6) is 0 Å². The first kappa shape index (κ1) is 13.1. The average Bonchev–Trinajstić information content (AvgIpc) is 2.86. The smallest absolute Gasteiger partial charge is 0.332 e. The van der Waals surface area contributed by atoms with Crippen molar-refractivity contribution in [3.8, 4) is 0 Å². The molecule has 0 saturated heterocycles. The topological polar surface area (TPSA) is 39.4 Å². The second kappa shape index (κ2) is 4.73. The summed E-state index contributed by atoms with van der Waals surface area (Å²) in [5.41, 5.74) is 6.49. The Morgan fingerprint density at radius 3 is 2.73 bits per heavy atom. The van der Waals surface area contributed by atoms with E-state index in [-0.39, 0.29) is 12.1 Å². The molecule has 0 radical (unpaired) electrons. The van der Waals surface area contributed by atoms with E-state index in [9.17, 15) is 4.79 Å². The summed E-state index contributed by atoms with van der Waals surface area (Å²) >= 11 is 0. The van der Waals surface area contributed by atoms with Crippen molar-refractivity contribution in [1.82, 2.24) is 0 Å². The quantitative estimate of drug-likeness (QED) is 0.750. The third kappa shape index (κ3) is 1.93. The summed E-state index contributed by atoms with van der Waals surface area (Å²) in [4.78, 5) is 12.0. The molecule has 1 aliphatic heterocycles. The molecule has 0 amide bonds. The number of ether oxygens (including phenoxy) is 1. The van der Waals surface area contributed by atoms with Crippen LogP contribution >= 0.6 is 0 Å². The van der Waals surface area contributed by atoms with Crippen molar-refractivity contribution in [2.24, 2.45) is 0 Å². The van der Waals surface area contributed by atoms with Gasteiger partial charge in [0.2, 0.25) is 0 Å². The van der Waals surface area contributed by atoms with Gasteiger partial charge in [-0.3, -0.25) is 0 Å². The standard InChI is InChI=1S/C19H16O3/c1-11-5-3-4-6-13(11)15-8-19(20)22-18-9-17-14(7-16(15)18)12(2)10-21-17/h3-8,10,18H,9H2,1-2H3. The summed E-state index contributed by atoms with van der Waals surface area (Å²) in [6, 6.07) is 8.11. The van der Waals surface area contributed by atoms with Crippen LogP contribution in [-0.4, -0.2) is 12.1 Å². The molecule has 0 saturated carbocycles.